The van der Waals surface area contributed by atoms with Crippen molar-refractivity contribution in [2.45, 2.75) is 0 Å². The molecule has 0 bridgehead atoms. The Morgan fingerprint density at radius 3 is 1.38 bits per heavy atom. The Morgan fingerprint density at radius 1 is 0.340 bits per heavy atom. The van der Waals surface area contributed by atoms with E-state index in [1.165, 1.54) is 21.5 Å². The number of aromatic nitrogens is 6. The summed E-state index contributed by atoms with van der Waals surface area (Å²) in [7, 11) is 0. The molecule has 6 heteroatoms. The number of fused-ring (bicyclic) bond motifs is 6. The van der Waals surface area contributed by atoms with E-state index in [0.717, 1.165) is 50.3 Å². The molecule has 0 radical (unpaired) electrons. The van der Waals surface area contributed by atoms with Crippen LogP contribution in [-0.4, -0.2) is 29.1 Å². The van der Waals surface area contributed by atoms with Gasteiger partial charge in [0.05, 0.1) is 22.1 Å². The largest absolute Gasteiger partial charge is 0.309 e. The summed E-state index contributed by atoms with van der Waals surface area (Å²) in [4.78, 5) is 19.5. The predicted molar refractivity (Wildman–Crippen MR) is 203 cm³/mol. The molecule has 0 spiro atoms. The average molecular weight is 641 g/mol. The molecule has 0 fully saturated rings. The van der Waals surface area contributed by atoms with Crippen molar-refractivity contribution in [2.24, 2.45) is 0 Å². The van der Waals surface area contributed by atoms with Crippen LogP contribution in [0.15, 0.2) is 170 Å². The normalized spacial score (nSPS) is 11.6. The van der Waals surface area contributed by atoms with Crippen LogP contribution in [0.4, 0.5) is 0 Å². The molecule has 0 aliphatic carbocycles. The SMILES string of the molecule is c1ccc(-c2nc(-c3ccccc3)nc(-c3ccc(-n4c5ccccc5c5cc6c7ccccc7n(-c7ccccn7)c6cc54)cc3)n2)cc1. The maximum Gasteiger partial charge on any atom is 0.164 e. The van der Waals surface area contributed by atoms with Crippen LogP contribution in [0.1, 0.15) is 0 Å². The van der Waals surface area contributed by atoms with Gasteiger partial charge in [-0.05, 0) is 60.7 Å². The van der Waals surface area contributed by atoms with Gasteiger partial charge in [0.1, 0.15) is 5.82 Å². The number of rotatable bonds is 5. The molecule has 234 valence electrons. The zero-order valence-electron chi connectivity index (χ0n) is 26.8. The highest BCUT2D eigenvalue weighted by Crippen LogP contribution is 2.39. The van der Waals surface area contributed by atoms with Crippen molar-refractivity contribution >= 4 is 43.6 Å². The standard InChI is InChI=1S/C44H28N6/c1-3-13-29(14-4-1)42-46-43(30-15-5-2-6-16-30)48-44(47-42)31-22-24-32(25-23-31)49-37-19-9-7-17-33(37)35-27-36-34-18-8-10-20-38(34)50(40(36)28-39(35)49)41-21-11-12-26-45-41/h1-28H. The molecule has 6 nitrogen and oxygen atoms in total. The fourth-order valence-corrected chi connectivity index (χ4v) is 7.14. The fourth-order valence-electron chi connectivity index (χ4n) is 7.14. The molecule has 0 N–H and O–H groups in total. The Kier molecular flexibility index (Phi) is 6.39. The first kappa shape index (κ1) is 28.1. The van der Waals surface area contributed by atoms with E-state index in [1.54, 1.807) is 0 Å². The molecule has 0 amide bonds. The number of hydrogen-bond donors (Lipinski definition) is 0. The van der Waals surface area contributed by atoms with Gasteiger partial charge < -0.3 is 4.57 Å². The number of benzene rings is 6. The summed E-state index contributed by atoms with van der Waals surface area (Å²) in [6.45, 7) is 0. The molecule has 0 aliphatic heterocycles. The van der Waals surface area contributed by atoms with Gasteiger partial charge in [-0.1, -0.05) is 103 Å². The summed E-state index contributed by atoms with van der Waals surface area (Å²) in [5, 5.41) is 4.83. The van der Waals surface area contributed by atoms with E-state index in [2.05, 4.69) is 100 Å². The predicted octanol–water partition coefficient (Wildman–Crippen LogP) is 10.5. The first-order chi connectivity index (χ1) is 24.8. The van der Waals surface area contributed by atoms with Crippen LogP contribution in [0.3, 0.4) is 0 Å². The summed E-state index contributed by atoms with van der Waals surface area (Å²) in [5.41, 5.74) is 8.40. The van der Waals surface area contributed by atoms with Crippen LogP contribution in [0.5, 0.6) is 0 Å². The Bertz CT molecular complexity index is 2780. The second-order valence-corrected chi connectivity index (χ2v) is 12.4. The second kappa shape index (κ2) is 11.4. The van der Waals surface area contributed by atoms with Crippen LogP contribution in [0, 0.1) is 0 Å². The molecule has 0 unspecified atom stereocenters. The number of hydrogen-bond acceptors (Lipinski definition) is 4. The third-order valence-corrected chi connectivity index (χ3v) is 9.43. The van der Waals surface area contributed by atoms with Gasteiger partial charge in [0, 0.05) is 50.1 Å². The van der Waals surface area contributed by atoms with Crippen LogP contribution >= 0.6 is 0 Å². The summed E-state index contributed by atoms with van der Waals surface area (Å²) in [6, 6.07) is 56.6. The Labute approximate surface area is 287 Å². The van der Waals surface area contributed by atoms with Crippen LogP contribution in [0.25, 0.3) is 89.3 Å². The highest BCUT2D eigenvalue weighted by molar-refractivity contribution is 6.19. The molecular formula is C44H28N6. The number of pyridine rings is 1. The van der Waals surface area contributed by atoms with Crippen molar-refractivity contribution in [1.82, 2.24) is 29.1 Å². The van der Waals surface area contributed by atoms with Crippen molar-refractivity contribution in [3.8, 4) is 45.7 Å². The van der Waals surface area contributed by atoms with Gasteiger partial charge in [-0.2, -0.15) is 0 Å². The molecule has 50 heavy (non-hydrogen) atoms. The lowest BCUT2D eigenvalue weighted by atomic mass is 10.1. The average Bonchev–Trinajstić information content (AvgIpc) is 3.70. The van der Waals surface area contributed by atoms with Crippen LogP contribution in [-0.2, 0) is 0 Å². The number of nitrogens with zero attached hydrogens (tertiary/aromatic N) is 6. The van der Waals surface area contributed by atoms with E-state index in [-0.39, 0.29) is 0 Å². The highest BCUT2D eigenvalue weighted by Gasteiger charge is 2.19. The maximum atomic E-state index is 4.95. The third kappa shape index (κ3) is 4.50. The number of para-hydroxylation sites is 2. The quantitative estimate of drug-likeness (QED) is 0.188. The highest BCUT2D eigenvalue weighted by atomic mass is 15.1. The van der Waals surface area contributed by atoms with E-state index in [1.807, 2.05) is 79.0 Å². The van der Waals surface area contributed by atoms with E-state index in [0.29, 0.717) is 17.5 Å². The Balaban J connectivity index is 1.17. The molecule has 10 aromatic rings. The van der Waals surface area contributed by atoms with Gasteiger partial charge in [0.15, 0.2) is 17.5 Å². The van der Waals surface area contributed by atoms with Gasteiger partial charge >= 0.3 is 0 Å². The van der Waals surface area contributed by atoms with Gasteiger partial charge in [0.2, 0.25) is 0 Å². The lowest BCUT2D eigenvalue weighted by molar-refractivity contribution is 1.07. The van der Waals surface area contributed by atoms with Gasteiger partial charge in [-0.25, -0.2) is 19.9 Å². The minimum Gasteiger partial charge on any atom is -0.309 e. The first-order valence-electron chi connectivity index (χ1n) is 16.7. The Hall–Kier alpha value is -6.92. The van der Waals surface area contributed by atoms with Crippen molar-refractivity contribution in [3.63, 3.8) is 0 Å². The van der Waals surface area contributed by atoms with E-state index in [9.17, 15) is 0 Å². The summed E-state index contributed by atoms with van der Waals surface area (Å²) in [5.74, 6) is 2.82. The lowest BCUT2D eigenvalue weighted by Crippen LogP contribution is -2.00. The van der Waals surface area contributed by atoms with Crippen molar-refractivity contribution in [2.75, 3.05) is 0 Å². The van der Waals surface area contributed by atoms with Gasteiger partial charge in [-0.15, -0.1) is 0 Å². The van der Waals surface area contributed by atoms with Gasteiger partial charge in [-0.3, -0.25) is 4.57 Å². The van der Waals surface area contributed by atoms with Gasteiger partial charge in [0.25, 0.3) is 0 Å². The summed E-state index contributed by atoms with van der Waals surface area (Å²) >= 11 is 0. The smallest absolute Gasteiger partial charge is 0.164 e. The minimum absolute atomic E-state index is 0.632. The second-order valence-electron chi connectivity index (χ2n) is 12.4. The molecule has 0 atom stereocenters. The van der Waals surface area contributed by atoms with Crippen LogP contribution in [0.2, 0.25) is 0 Å². The topological polar surface area (TPSA) is 61.4 Å². The molecule has 4 aromatic heterocycles. The minimum atomic E-state index is 0.632. The summed E-state index contributed by atoms with van der Waals surface area (Å²) in [6.07, 6.45) is 1.85. The monoisotopic (exact) mass is 640 g/mol. The van der Waals surface area contributed by atoms with Crippen molar-refractivity contribution < 1.29 is 0 Å². The molecule has 4 heterocycles. The zero-order valence-corrected chi connectivity index (χ0v) is 26.8. The van der Waals surface area contributed by atoms with Crippen molar-refractivity contribution in [3.05, 3.63) is 170 Å². The van der Waals surface area contributed by atoms with Crippen molar-refractivity contribution in [1.29, 1.82) is 0 Å². The Morgan fingerprint density at radius 2 is 0.820 bits per heavy atom. The molecule has 6 aromatic carbocycles. The molecule has 10 rings (SSSR count). The molecule has 0 aliphatic rings. The summed E-state index contributed by atoms with van der Waals surface area (Å²) < 4.78 is 4.62. The zero-order chi connectivity index (χ0) is 33.0. The van der Waals surface area contributed by atoms with Crippen LogP contribution < -0.4 is 0 Å². The molecule has 0 saturated carbocycles. The van der Waals surface area contributed by atoms with E-state index < -0.39 is 0 Å². The molecule has 0 saturated heterocycles. The maximum absolute atomic E-state index is 4.95. The lowest BCUT2D eigenvalue weighted by Gasteiger charge is -2.11. The third-order valence-electron chi connectivity index (χ3n) is 9.43. The first-order valence-corrected chi connectivity index (χ1v) is 16.7. The fraction of sp³-hybridized carbons (Fsp3) is 0. The molecular weight excluding hydrogens is 613 g/mol. The van der Waals surface area contributed by atoms with E-state index in [4.69, 9.17) is 19.9 Å². The van der Waals surface area contributed by atoms with E-state index >= 15 is 0 Å².